The number of halogens is 2. The zero-order valence-corrected chi connectivity index (χ0v) is 10.3. The lowest BCUT2D eigenvalue weighted by Crippen LogP contribution is -2.19. The van der Waals surface area contributed by atoms with E-state index in [1.807, 2.05) is 19.9 Å². The number of hydrogen-bond donors (Lipinski definition) is 1. The van der Waals surface area contributed by atoms with E-state index in [4.69, 9.17) is 5.73 Å². The molecule has 0 heterocycles. The van der Waals surface area contributed by atoms with Gasteiger partial charge in [-0.25, -0.2) is 4.39 Å². The minimum absolute atomic E-state index is 0. The van der Waals surface area contributed by atoms with Crippen molar-refractivity contribution in [3.05, 3.63) is 35.1 Å². The van der Waals surface area contributed by atoms with Crippen LogP contribution < -0.4 is 5.73 Å². The number of benzene rings is 1. The molecule has 2 N–H and O–H groups in total. The highest BCUT2D eigenvalue weighted by Crippen LogP contribution is 2.24. The molecule has 0 aliphatic carbocycles. The van der Waals surface area contributed by atoms with E-state index in [9.17, 15) is 4.39 Å². The molecule has 0 aliphatic rings. The molecule has 1 unspecified atom stereocenters. The molecule has 1 nitrogen and oxygen atoms in total. The van der Waals surface area contributed by atoms with Crippen molar-refractivity contribution in [2.24, 2.45) is 11.7 Å². The van der Waals surface area contributed by atoms with Gasteiger partial charge in [-0.3, -0.25) is 0 Å². The molecule has 15 heavy (non-hydrogen) atoms. The molecule has 0 amide bonds. The van der Waals surface area contributed by atoms with Gasteiger partial charge in [0.1, 0.15) is 5.82 Å². The molecule has 0 aromatic heterocycles. The van der Waals surface area contributed by atoms with E-state index in [1.165, 1.54) is 6.07 Å². The first-order valence-electron chi connectivity index (χ1n) is 5.08. The summed E-state index contributed by atoms with van der Waals surface area (Å²) in [6.45, 7) is 5.99. The van der Waals surface area contributed by atoms with E-state index in [0.29, 0.717) is 11.5 Å². The summed E-state index contributed by atoms with van der Waals surface area (Å²) in [7, 11) is 0. The molecule has 1 rings (SSSR count). The monoisotopic (exact) mass is 231 g/mol. The Kier molecular flexibility index (Phi) is 5.84. The van der Waals surface area contributed by atoms with Crippen LogP contribution in [0.15, 0.2) is 18.2 Å². The van der Waals surface area contributed by atoms with Gasteiger partial charge in [-0.05, 0) is 24.5 Å². The van der Waals surface area contributed by atoms with Crippen molar-refractivity contribution < 1.29 is 4.39 Å². The molecule has 0 saturated heterocycles. The zero-order chi connectivity index (χ0) is 10.7. The van der Waals surface area contributed by atoms with Gasteiger partial charge in [-0.2, -0.15) is 0 Å². The first-order valence-corrected chi connectivity index (χ1v) is 5.08. The molecule has 1 aromatic carbocycles. The first kappa shape index (κ1) is 14.4. The van der Waals surface area contributed by atoms with Gasteiger partial charge < -0.3 is 5.73 Å². The highest BCUT2D eigenvalue weighted by molar-refractivity contribution is 5.85. The summed E-state index contributed by atoms with van der Waals surface area (Å²) >= 11 is 0. The maximum Gasteiger partial charge on any atom is 0.128 e. The summed E-state index contributed by atoms with van der Waals surface area (Å²) in [6.07, 6.45) is 0.967. The molecule has 86 valence electrons. The van der Waals surface area contributed by atoms with E-state index >= 15 is 0 Å². The van der Waals surface area contributed by atoms with Crippen LogP contribution in [0, 0.1) is 18.7 Å². The Balaban J connectivity index is 0.00000196. The normalized spacial score (nSPS) is 14.2. The van der Waals surface area contributed by atoms with Crippen molar-refractivity contribution in [1.29, 1.82) is 0 Å². The van der Waals surface area contributed by atoms with Crippen molar-refractivity contribution in [1.82, 2.24) is 0 Å². The average Bonchev–Trinajstić information content (AvgIpc) is 2.15. The fourth-order valence-electron chi connectivity index (χ4n) is 1.46. The van der Waals surface area contributed by atoms with Gasteiger partial charge in [-0.1, -0.05) is 32.4 Å². The number of rotatable bonds is 3. The Bertz CT molecular complexity index is 314. The van der Waals surface area contributed by atoms with Crippen LogP contribution in [-0.2, 0) is 0 Å². The van der Waals surface area contributed by atoms with E-state index in [2.05, 4.69) is 6.92 Å². The molecule has 0 spiro atoms. The van der Waals surface area contributed by atoms with Crippen LogP contribution in [-0.4, -0.2) is 0 Å². The second-order valence-corrected chi connectivity index (χ2v) is 3.94. The topological polar surface area (TPSA) is 26.0 Å². The van der Waals surface area contributed by atoms with Crippen LogP contribution in [0.5, 0.6) is 0 Å². The number of nitrogens with two attached hydrogens (primary N) is 1. The molecule has 1 aromatic rings. The number of hydrogen-bond acceptors (Lipinski definition) is 1. The molecule has 0 saturated carbocycles. The Labute approximate surface area is 97.3 Å². The molecular formula is C12H19ClFN. The lowest BCUT2D eigenvalue weighted by Gasteiger charge is -2.19. The third-order valence-electron chi connectivity index (χ3n) is 2.77. The Morgan fingerprint density at radius 3 is 2.47 bits per heavy atom. The average molecular weight is 232 g/mol. The van der Waals surface area contributed by atoms with Crippen LogP contribution in [0.1, 0.15) is 37.4 Å². The van der Waals surface area contributed by atoms with Crippen LogP contribution in [0.3, 0.4) is 0 Å². The smallest absolute Gasteiger partial charge is 0.128 e. The van der Waals surface area contributed by atoms with Gasteiger partial charge in [0.2, 0.25) is 0 Å². The van der Waals surface area contributed by atoms with Gasteiger partial charge in [0.15, 0.2) is 0 Å². The second-order valence-electron chi connectivity index (χ2n) is 3.94. The summed E-state index contributed by atoms with van der Waals surface area (Å²) < 4.78 is 13.5. The maximum absolute atomic E-state index is 13.5. The summed E-state index contributed by atoms with van der Waals surface area (Å²) in [5.74, 6) is 0.130. The maximum atomic E-state index is 13.5. The van der Waals surface area contributed by atoms with Gasteiger partial charge in [-0.15, -0.1) is 12.4 Å². The van der Waals surface area contributed by atoms with E-state index in [-0.39, 0.29) is 24.3 Å². The Morgan fingerprint density at radius 2 is 2.00 bits per heavy atom. The van der Waals surface area contributed by atoms with Crippen LogP contribution >= 0.6 is 12.4 Å². The highest BCUT2D eigenvalue weighted by Gasteiger charge is 2.16. The van der Waals surface area contributed by atoms with E-state index < -0.39 is 0 Å². The molecule has 0 bridgehead atoms. The lowest BCUT2D eigenvalue weighted by atomic mass is 9.92. The molecule has 0 fully saturated rings. The third kappa shape index (κ3) is 3.47. The summed E-state index contributed by atoms with van der Waals surface area (Å²) in [4.78, 5) is 0. The minimum atomic E-state index is -0.194. The predicted molar refractivity (Wildman–Crippen MR) is 64.8 cm³/mol. The van der Waals surface area contributed by atoms with Gasteiger partial charge >= 0.3 is 0 Å². The summed E-state index contributed by atoms with van der Waals surface area (Å²) in [5, 5.41) is 0. The lowest BCUT2D eigenvalue weighted by molar-refractivity contribution is 0.439. The summed E-state index contributed by atoms with van der Waals surface area (Å²) in [5.41, 5.74) is 7.52. The minimum Gasteiger partial charge on any atom is -0.324 e. The highest BCUT2D eigenvalue weighted by atomic mass is 35.5. The fourth-order valence-corrected chi connectivity index (χ4v) is 1.46. The van der Waals surface area contributed by atoms with Crippen molar-refractivity contribution in [2.45, 2.75) is 33.2 Å². The van der Waals surface area contributed by atoms with Crippen molar-refractivity contribution >= 4 is 12.4 Å². The van der Waals surface area contributed by atoms with Gasteiger partial charge in [0, 0.05) is 11.6 Å². The predicted octanol–water partition coefficient (Wildman–Crippen LogP) is 3.60. The fraction of sp³-hybridized carbons (Fsp3) is 0.500. The van der Waals surface area contributed by atoms with Crippen molar-refractivity contribution in [2.75, 3.05) is 0 Å². The van der Waals surface area contributed by atoms with Gasteiger partial charge in [0.25, 0.3) is 0 Å². The largest absolute Gasteiger partial charge is 0.324 e. The third-order valence-corrected chi connectivity index (χ3v) is 2.77. The van der Waals surface area contributed by atoms with Crippen LogP contribution in [0.2, 0.25) is 0 Å². The zero-order valence-electron chi connectivity index (χ0n) is 9.46. The first-order chi connectivity index (χ1) is 6.56. The van der Waals surface area contributed by atoms with Crippen LogP contribution in [0.4, 0.5) is 4.39 Å². The molecule has 0 aliphatic heterocycles. The molecule has 3 heteroatoms. The molecular weight excluding hydrogens is 213 g/mol. The quantitative estimate of drug-likeness (QED) is 0.845. The SMILES string of the molecule is CCC(C)[C@H](N)c1ccc(C)cc1F.Cl. The van der Waals surface area contributed by atoms with Crippen LogP contribution in [0.25, 0.3) is 0 Å². The standard InChI is InChI=1S/C12H18FN.ClH/c1-4-9(3)12(14)10-6-5-8(2)7-11(10)13;/h5-7,9,12H,4,14H2,1-3H3;1H/t9?,12-;/m0./s1. The second kappa shape index (κ2) is 6.09. The Morgan fingerprint density at radius 1 is 1.40 bits per heavy atom. The van der Waals surface area contributed by atoms with Crippen molar-refractivity contribution in [3.63, 3.8) is 0 Å². The summed E-state index contributed by atoms with van der Waals surface area (Å²) in [6, 6.07) is 5.04. The van der Waals surface area contributed by atoms with Gasteiger partial charge in [0.05, 0.1) is 0 Å². The van der Waals surface area contributed by atoms with E-state index in [1.54, 1.807) is 6.07 Å². The van der Waals surface area contributed by atoms with Crippen molar-refractivity contribution in [3.8, 4) is 0 Å². The number of aryl methyl sites for hydroxylation is 1. The molecule has 0 radical (unpaired) electrons. The van der Waals surface area contributed by atoms with E-state index in [0.717, 1.165) is 12.0 Å². The Hall–Kier alpha value is -0.600. The molecule has 2 atom stereocenters.